The van der Waals surface area contributed by atoms with Crippen molar-refractivity contribution < 1.29 is 13.2 Å². The number of carbonyl (C=O) groups excluding carboxylic acids is 1. The van der Waals surface area contributed by atoms with Crippen molar-refractivity contribution in [1.29, 1.82) is 0 Å². The first kappa shape index (κ1) is 22.0. The minimum absolute atomic E-state index is 0.149. The highest BCUT2D eigenvalue weighted by Crippen LogP contribution is 2.35. The van der Waals surface area contributed by atoms with E-state index in [1.807, 2.05) is 30.1 Å². The third-order valence-corrected chi connectivity index (χ3v) is 7.74. The standard InChI is InChI=1S/C24H31N3O3S/c1-26(18-19-7-3-2-4-8-19)15-6-14-25-31(29,30)22-11-12-23-21(17-22)13-16-27(23)24(28)20-9-5-10-20/h2-4,7-8,11-12,17,20,25H,5-6,9-10,13-16,18H2,1H3. The van der Waals surface area contributed by atoms with Crippen LogP contribution in [0.3, 0.4) is 0 Å². The van der Waals surface area contributed by atoms with Gasteiger partial charge in [-0.3, -0.25) is 4.79 Å². The Bertz CT molecular complexity index is 1020. The molecule has 2 aromatic carbocycles. The third kappa shape index (κ3) is 5.17. The van der Waals surface area contributed by atoms with Gasteiger partial charge in [-0.2, -0.15) is 0 Å². The number of amides is 1. The number of sulfonamides is 1. The monoisotopic (exact) mass is 441 g/mol. The second-order valence-corrected chi connectivity index (χ2v) is 10.4. The van der Waals surface area contributed by atoms with E-state index in [0.29, 0.717) is 19.5 Å². The maximum Gasteiger partial charge on any atom is 0.240 e. The van der Waals surface area contributed by atoms with Gasteiger partial charge < -0.3 is 9.80 Å². The Morgan fingerprint density at radius 2 is 1.94 bits per heavy atom. The average molecular weight is 442 g/mol. The number of nitrogens with one attached hydrogen (secondary N) is 1. The van der Waals surface area contributed by atoms with Gasteiger partial charge in [0.1, 0.15) is 0 Å². The molecule has 1 heterocycles. The molecule has 0 aromatic heterocycles. The van der Waals surface area contributed by atoms with Gasteiger partial charge in [-0.25, -0.2) is 13.1 Å². The summed E-state index contributed by atoms with van der Waals surface area (Å²) >= 11 is 0. The van der Waals surface area contributed by atoms with Crippen LogP contribution in [0.1, 0.15) is 36.8 Å². The lowest BCUT2D eigenvalue weighted by Crippen LogP contribution is -2.37. The summed E-state index contributed by atoms with van der Waals surface area (Å²) < 4.78 is 28.2. The van der Waals surface area contributed by atoms with Crippen molar-refractivity contribution >= 4 is 21.6 Å². The van der Waals surface area contributed by atoms with E-state index in [0.717, 1.165) is 50.0 Å². The van der Waals surface area contributed by atoms with Crippen molar-refractivity contribution in [3.8, 4) is 0 Å². The van der Waals surface area contributed by atoms with Gasteiger partial charge in [-0.1, -0.05) is 36.8 Å². The second-order valence-electron chi connectivity index (χ2n) is 8.63. The van der Waals surface area contributed by atoms with Crippen LogP contribution in [0.15, 0.2) is 53.4 Å². The van der Waals surface area contributed by atoms with E-state index in [4.69, 9.17) is 0 Å². The van der Waals surface area contributed by atoms with Crippen LogP contribution in [0.2, 0.25) is 0 Å². The molecule has 31 heavy (non-hydrogen) atoms. The first-order valence-corrected chi connectivity index (χ1v) is 12.6. The molecule has 1 amide bonds. The van der Waals surface area contributed by atoms with E-state index in [-0.39, 0.29) is 16.7 Å². The smallest absolute Gasteiger partial charge is 0.240 e. The molecule has 0 radical (unpaired) electrons. The molecule has 1 fully saturated rings. The number of carbonyl (C=O) groups is 1. The number of hydrogen-bond donors (Lipinski definition) is 1. The van der Waals surface area contributed by atoms with Gasteiger partial charge in [-0.15, -0.1) is 0 Å². The van der Waals surface area contributed by atoms with Crippen molar-refractivity contribution in [3.63, 3.8) is 0 Å². The zero-order chi connectivity index (χ0) is 21.8. The zero-order valence-corrected chi connectivity index (χ0v) is 18.9. The lowest BCUT2D eigenvalue weighted by molar-refractivity contribution is -0.124. The van der Waals surface area contributed by atoms with Gasteiger partial charge in [0.05, 0.1) is 4.90 Å². The second kappa shape index (κ2) is 9.51. The Labute approximate surface area is 185 Å². The Balaban J connectivity index is 1.29. The van der Waals surface area contributed by atoms with E-state index in [9.17, 15) is 13.2 Å². The minimum atomic E-state index is -3.56. The van der Waals surface area contributed by atoms with Crippen LogP contribution < -0.4 is 9.62 Å². The van der Waals surface area contributed by atoms with Crippen LogP contribution in [0.5, 0.6) is 0 Å². The quantitative estimate of drug-likeness (QED) is 0.607. The summed E-state index contributed by atoms with van der Waals surface area (Å²) in [4.78, 5) is 16.9. The fourth-order valence-electron chi connectivity index (χ4n) is 4.26. The lowest BCUT2D eigenvalue weighted by Gasteiger charge is -2.29. The maximum atomic E-state index is 12.7. The first-order valence-electron chi connectivity index (χ1n) is 11.1. The molecule has 166 valence electrons. The Kier molecular flexibility index (Phi) is 6.74. The van der Waals surface area contributed by atoms with Crippen LogP contribution in [-0.4, -0.2) is 45.9 Å². The Hall–Kier alpha value is -2.22. The molecule has 2 aromatic rings. The summed E-state index contributed by atoms with van der Waals surface area (Å²) in [6.07, 6.45) is 4.52. The minimum Gasteiger partial charge on any atom is -0.312 e. The fraction of sp³-hybridized carbons (Fsp3) is 0.458. The van der Waals surface area contributed by atoms with Crippen molar-refractivity contribution in [2.75, 3.05) is 31.6 Å². The SMILES string of the molecule is CN(CCCNS(=O)(=O)c1ccc2c(c1)CCN2C(=O)C1CCC1)Cc1ccccc1. The van der Waals surface area contributed by atoms with E-state index < -0.39 is 10.0 Å². The average Bonchev–Trinajstić information content (AvgIpc) is 3.14. The summed E-state index contributed by atoms with van der Waals surface area (Å²) in [6.45, 7) is 2.69. The van der Waals surface area contributed by atoms with E-state index in [2.05, 4.69) is 21.8 Å². The highest BCUT2D eigenvalue weighted by atomic mass is 32.2. The largest absolute Gasteiger partial charge is 0.312 e. The molecular formula is C24H31N3O3S. The van der Waals surface area contributed by atoms with Gasteiger partial charge in [0, 0.05) is 31.2 Å². The highest BCUT2D eigenvalue weighted by Gasteiger charge is 2.33. The Morgan fingerprint density at radius 1 is 1.16 bits per heavy atom. The van der Waals surface area contributed by atoms with Crippen molar-refractivity contribution in [3.05, 3.63) is 59.7 Å². The molecule has 1 aliphatic heterocycles. The van der Waals surface area contributed by atoms with Gasteiger partial charge in [0.25, 0.3) is 0 Å². The van der Waals surface area contributed by atoms with Crippen LogP contribution >= 0.6 is 0 Å². The topological polar surface area (TPSA) is 69.7 Å². The molecule has 1 aliphatic carbocycles. The van der Waals surface area contributed by atoms with Gasteiger partial charge in [0.2, 0.25) is 15.9 Å². The predicted octanol–water partition coefficient (Wildman–Crippen LogP) is 3.18. The lowest BCUT2D eigenvalue weighted by atomic mass is 9.84. The summed E-state index contributed by atoms with van der Waals surface area (Å²) in [5.74, 6) is 0.342. The highest BCUT2D eigenvalue weighted by molar-refractivity contribution is 7.89. The number of rotatable bonds is 9. The molecule has 7 heteroatoms. The van der Waals surface area contributed by atoms with Gasteiger partial charge >= 0.3 is 0 Å². The fourth-order valence-corrected chi connectivity index (χ4v) is 5.39. The number of nitrogens with zero attached hydrogens (tertiary/aromatic N) is 2. The van der Waals surface area contributed by atoms with Crippen molar-refractivity contribution in [2.24, 2.45) is 5.92 Å². The molecule has 6 nitrogen and oxygen atoms in total. The molecule has 0 bridgehead atoms. The summed E-state index contributed by atoms with van der Waals surface area (Å²) in [6, 6.07) is 15.4. The van der Waals surface area contributed by atoms with Crippen LogP contribution in [0.25, 0.3) is 0 Å². The van der Waals surface area contributed by atoms with Crippen molar-refractivity contribution in [1.82, 2.24) is 9.62 Å². The molecule has 0 unspecified atom stereocenters. The maximum absolute atomic E-state index is 12.7. The Morgan fingerprint density at radius 3 is 2.65 bits per heavy atom. The number of anilines is 1. The molecule has 0 spiro atoms. The molecule has 2 aliphatic rings. The first-order chi connectivity index (χ1) is 14.9. The number of benzene rings is 2. The van der Waals surface area contributed by atoms with Crippen LogP contribution in [0, 0.1) is 5.92 Å². The summed E-state index contributed by atoms with van der Waals surface area (Å²) in [5, 5.41) is 0. The predicted molar refractivity (Wildman–Crippen MR) is 122 cm³/mol. The van der Waals surface area contributed by atoms with Crippen LogP contribution in [-0.2, 0) is 27.8 Å². The van der Waals surface area contributed by atoms with Crippen LogP contribution in [0.4, 0.5) is 5.69 Å². The molecule has 4 rings (SSSR count). The summed E-state index contributed by atoms with van der Waals surface area (Å²) in [5.41, 5.74) is 3.06. The van der Waals surface area contributed by atoms with Crippen molar-refractivity contribution in [2.45, 2.75) is 43.5 Å². The van der Waals surface area contributed by atoms with E-state index >= 15 is 0 Å². The molecule has 0 atom stereocenters. The third-order valence-electron chi connectivity index (χ3n) is 6.28. The number of hydrogen-bond acceptors (Lipinski definition) is 4. The van der Waals surface area contributed by atoms with E-state index in [1.165, 1.54) is 5.56 Å². The van der Waals surface area contributed by atoms with Gasteiger partial charge in [-0.05, 0) is 68.6 Å². The summed E-state index contributed by atoms with van der Waals surface area (Å²) in [7, 11) is -1.52. The molecular weight excluding hydrogens is 410 g/mol. The molecule has 1 N–H and O–H groups in total. The number of fused-ring (bicyclic) bond motifs is 1. The van der Waals surface area contributed by atoms with Gasteiger partial charge in [0.15, 0.2) is 0 Å². The normalized spacial score (nSPS) is 16.4. The zero-order valence-electron chi connectivity index (χ0n) is 18.1. The molecule has 0 saturated heterocycles. The van der Waals surface area contributed by atoms with E-state index in [1.54, 1.807) is 18.2 Å². The molecule has 1 saturated carbocycles.